The number of carbonyl (C=O) groups excluding carboxylic acids is 1. The number of nitrogens with two attached hydrogens (primary N) is 1. The first kappa shape index (κ1) is 13.2. The van der Waals surface area contributed by atoms with E-state index in [4.69, 9.17) is 5.73 Å². The molecule has 98 valence electrons. The fourth-order valence-electron chi connectivity index (χ4n) is 1.51. The molecule has 0 aliphatic heterocycles. The maximum atomic E-state index is 11.4. The Balaban J connectivity index is 2.44. The van der Waals surface area contributed by atoms with Gasteiger partial charge in [0.25, 0.3) is 5.91 Å². The topological polar surface area (TPSA) is 71.1 Å². The Morgan fingerprint density at radius 3 is 2.53 bits per heavy atom. The molecule has 2 aromatic rings. The van der Waals surface area contributed by atoms with Gasteiger partial charge in [0.05, 0.1) is 0 Å². The molecule has 0 saturated carbocycles. The summed E-state index contributed by atoms with van der Waals surface area (Å²) in [5, 5.41) is 9.50. The first-order valence-corrected chi connectivity index (χ1v) is 6.47. The summed E-state index contributed by atoms with van der Waals surface area (Å²) in [4.78, 5) is 12.8. The average Bonchev–Trinajstić information content (AvgIpc) is 2.81. The lowest BCUT2D eigenvalue weighted by Gasteiger charge is -1.99. The molecule has 1 aromatic carbocycles. The van der Waals surface area contributed by atoms with Gasteiger partial charge in [0, 0.05) is 19.0 Å². The van der Waals surface area contributed by atoms with Crippen LogP contribution in [0, 0.1) is 0 Å². The van der Waals surface area contributed by atoms with Crippen LogP contribution in [0.4, 0.5) is 5.69 Å². The van der Waals surface area contributed by atoms with Gasteiger partial charge in [-0.25, -0.2) is 0 Å². The molecule has 1 aromatic heterocycles. The average molecular weight is 274 g/mol. The molecule has 0 unspecified atom stereocenters. The third-order valence-electron chi connectivity index (χ3n) is 2.33. The SMILES string of the molecule is CN(C)N=Nc1cc(-c2ccccc2)sc1C(N)=O. The third kappa shape index (κ3) is 3.17. The Kier molecular flexibility index (Phi) is 3.91. The van der Waals surface area contributed by atoms with Crippen LogP contribution in [-0.4, -0.2) is 25.0 Å². The molecular formula is C13H14N4OS. The Morgan fingerprint density at radius 2 is 1.95 bits per heavy atom. The van der Waals surface area contributed by atoms with Crippen molar-refractivity contribution in [3.63, 3.8) is 0 Å². The Bertz CT molecular complexity index is 604. The molecular weight excluding hydrogens is 260 g/mol. The maximum absolute atomic E-state index is 11.4. The summed E-state index contributed by atoms with van der Waals surface area (Å²) in [6.45, 7) is 0. The highest BCUT2D eigenvalue weighted by Crippen LogP contribution is 2.36. The normalized spacial score (nSPS) is 10.8. The summed E-state index contributed by atoms with van der Waals surface area (Å²) in [6, 6.07) is 11.6. The zero-order valence-corrected chi connectivity index (χ0v) is 11.5. The second-order valence-corrected chi connectivity index (χ2v) is 5.14. The number of carbonyl (C=O) groups is 1. The summed E-state index contributed by atoms with van der Waals surface area (Å²) in [5.74, 6) is -0.486. The van der Waals surface area contributed by atoms with Crippen molar-refractivity contribution in [2.24, 2.45) is 16.1 Å². The smallest absolute Gasteiger partial charge is 0.261 e. The molecule has 1 amide bonds. The molecule has 2 rings (SSSR count). The summed E-state index contributed by atoms with van der Waals surface area (Å²) in [6.07, 6.45) is 0. The molecule has 0 radical (unpaired) electrons. The standard InChI is InChI=1S/C13H14N4OS/c1-17(2)16-15-10-8-11(19-12(10)13(14)18)9-6-4-3-5-7-9/h3-8H,1-2H3,(H2,14,18). The van der Waals surface area contributed by atoms with Gasteiger partial charge < -0.3 is 5.73 Å². The molecule has 0 fully saturated rings. The molecule has 0 aliphatic carbocycles. The number of rotatable bonds is 4. The number of primary amides is 1. The van der Waals surface area contributed by atoms with Crippen LogP contribution in [0.3, 0.4) is 0 Å². The number of benzene rings is 1. The van der Waals surface area contributed by atoms with E-state index in [0.29, 0.717) is 10.6 Å². The van der Waals surface area contributed by atoms with Gasteiger partial charge in [0.15, 0.2) is 0 Å². The quantitative estimate of drug-likeness (QED) is 0.687. The first-order valence-electron chi connectivity index (χ1n) is 5.66. The predicted molar refractivity (Wildman–Crippen MR) is 76.5 cm³/mol. The number of thiophene rings is 1. The van der Waals surface area contributed by atoms with Crippen molar-refractivity contribution < 1.29 is 4.79 Å². The zero-order chi connectivity index (χ0) is 13.8. The van der Waals surface area contributed by atoms with Crippen molar-refractivity contribution >= 4 is 22.9 Å². The monoisotopic (exact) mass is 274 g/mol. The molecule has 6 heteroatoms. The minimum absolute atomic E-state index is 0.421. The van der Waals surface area contributed by atoms with Crippen molar-refractivity contribution in [1.29, 1.82) is 0 Å². The number of nitrogens with zero attached hydrogens (tertiary/aromatic N) is 3. The maximum Gasteiger partial charge on any atom is 0.261 e. The number of hydrogen-bond donors (Lipinski definition) is 1. The van der Waals surface area contributed by atoms with Crippen molar-refractivity contribution in [3.05, 3.63) is 41.3 Å². The van der Waals surface area contributed by atoms with Gasteiger partial charge in [0.1, 0.15) is 10.6 Å². The van der Waals surface area contributed by atoms with Crippen molar-refractivity contribution in [2.45, 2.75) is 0 Å². The second-order valence-electron chi connectivity index (χ2n) is 4.09. The van der Waals surface area contributed by atoms with Crippen LogP contribution in [0.15, 0.2) is 46.7 Å². The second kappa shape index (κ2) is 5.62. The molecule has 2 N–H and O–H groups in total. The van der Waals surface area contributed by atoms with Crippen LogP contribution in [0.5, 0.6) is 0 Å². The van der Waals surface area contributed by atoms with E-state index in [2.05, 4.69) is 10.3 Å². The molecule has 19 heavy (non-hydrogen) atoms. The third-order valence-corrected chi connectivity index (χ3v) is 3.51. The van der Waals surface area contributed by atoms with Gasteiger partial charge >= 0.3 is 0 Å². The largest absolute Gasteiger partial charge is 0.365 e. The van der Waals surface area contributed by atoms with E-state index < -0.39 is 5.91 Å². The highest BCUT2D eigenvalue weighted by Gasteiger charge is 2.14. The van der Waals surface area contributed by atoms with Crippen LogP contribution in [-0.2, 0) is 0 Å². The van der Waals surface area contributed by atoms with E-state index in [1.807, 2.05) is 36.4 Å². The molecule has 0 aliphatic rings. The number of amides is 1. The van der Waals surface area contributed by atoms with Gasteiger partial charge in [-0.15, -0.1) is 16.5 Å². The number of hydrogen-bond acceptors (Lipinski definition) is 4. The van der Waals surface area contributed by atoms with Crippen molar-refractivity contribution in [2.75, 3.05) is 14.1 Å². The molecule has 0 bridgehead atoms. The highest BCUT2D eigenvalue weighted by molar-refractivity contribution is 7.18. The Hall–Kier alpha value is -2.21. The van der Waals surface area contributed by atoms with Crippen molar-refractivity contribution in [3.8, 4) is 10.4 Å². The predicted octanol–water partition coefficient (Wildman–Crippen LogP) is 3.07. The van der Waals surface area contributed by atoms with Crippen LogP contribution in [0.1, 0.15) is 9.67 Å². The van der Waals surface area contributed by atoms with Gasteiger partial charge in [0.2, 0.25) is 0 Å². The summed E-state index contributed by atoms with van der Waals surface area (Å²) < 4.78 is 0. The fourth-order valence-corrected chi connectivity index (χ4v) is 2.46. The van der Waals surface area contributed by atoms with Crippen molar-refractivity contribution in [1.82, 2.24) is 5.01 Å². The molecule has 0 saturated heterocycles. The van der Waals surface area contributed by atoms with E-state index in [0.717, 1.165) is 10.4 Å². The van der Waals surface area contributed by atoms with E-state index in [9.17, 15) is 4.79 Å². The van der Waals surface area contributed by atoms with Crippen LogP contribution < -0.4 is 5.73 Å². The minimum atomic E-state index is -0.486. The Morgan fingerprint density at radius 1 is 1.26 bits per heavy atom. The van der Waals surface area contributed by atoms with Gasteiger partial charge in [-0.05, 0) is 11.6 Å². The van der Waals surface area contributed by atoms with E-state index in [-0.39, 0.29) is 0 Å². The molecule has 0 spiro atoms. The lowest BCUT2D eigenvalue weighted by molar-refractivity contribution is 0.100. The van der Waals surface area contributed by atoms with E-state index >= 15 is 0 Å². The molecule has 0 atom stereocenters. The first-order chi connectivity index (χ1) is 9.08. The summed E-state index contributed by atoms with van der Waals surface area (Å²) in [5.41, 5.74) is 6.90. The molecule has 1 heterocycles. The lowest BCUT2D eigenvalue weighted by Crippen LogP contribution is -2.08. The summed E-state index contributed by atoms with van der Waals surface area (Å²) >= 11 is 1.33. The van der Waals surface area contributed by atoms with E-state index in [1.54, 1.807) is 19.1 Å². The summed E-state index contributed by atoms with van der Waals surface area (Å²) in [7, 11) is 3.52. The van der Waals surface area contributed by atoms with E-state index in [1.165, 1.54) is 11.3 Å². The lowest BCUT2D eigenvalue weighted by atomic mass is 10.2. The van der Waals surface area contributed by atoms with Gasteiger partial charge in [-0.2, -0.15) is 0 Å². The highest BCUT2D eigenvalue weighted by atomic mass is 32.1. The van der Waals surface area contributed by atoms with Gasteiger partial charge in [-0.1, -0.05) is 35.6 Å². The fraction of sp³-hybridized carbons (Fsp3) is 0.154. The minimum Gasteiger partial charge on any atom is -0.365 e. The van der Waals surface area contributed by atoms with Crippen LogP contribution in [0.25, 0.3) is 10.4 Å². The van der Waals surface area contributed by atoms with Crippen LogP contribution >= 0.6 is 11.3 Å². The van der Waals surface area contributed by atoms with Gasteiger partial charge in [-0.3, -0.25) is 9.80 Å². The zero-order valence-electron chi connectivity index (χ0n) is 10.7. The van der Waals surface area contributed by atoms with Crippen LogP contribution in [0.2, 0.25) is 0 Å². The molecule has 5 nitrogen and oxygen atoms in total. The Labute approximate surface area is 115 Å².